The molecule has 24 heavy (non-hydrogen) atoms. The van der Waals surface area contributed by atoms with Crippen LogP contribution in [-0.2, 0) is 0 Å². The summed E-state index contributed by atoms with van der Waals surface area (Å²) in [6.07, 6.45) is 3.25. The van der Waals surface area contributed by atoms with E-state index in [0.29, 0.717) is 10.0 Å². The van der Waals surface area contributed by atoms with Gasteiger partial charge in [0.25, 0.3) is 0 Å². The minimum Gasteiger partial charge on any atom is -0.394 e. The van der Waals surface area contributed by atoms with E-state index in [1.54, 1.807) is 12.4 Å². The average molecular weight is 366 g/mol. The lowest BCUT2D eigenvalue weighted by Gasteiger charge is -2.40. The topological polar surface area (TPSA) is 39.6 Å². The predicted octanol–water partition coefficient (Wildman–Crippen LogP) is 3.55. The number of aromatic nitrogens is 1. The molecule has 1 fully saturated rings. The minimum atomic E-state index is 0.0235. The van der Waals surface area contributed by atoms with Crippen molar-refractivity contribution in [2.45, 2.75) is 13.0 Å². The molecule has 0 saturated carbocycles. The van der Waals surface area contributed by atoms with Crippen molar-refractivity contribution in [3.8, 4) is 0 Å². The smallest absolute Gasteiger partial charge is 0.0838 e. The van der Waals surface area contributed by atoms with E-state index in [0.717, 1.165) is 37.4 Å². The molecule has 6 heteroatoms. The van der Waals surface area contributed by atoms with E-state index in [-0.39, 0.29) is 12.6 Å². The van der Waals surface area contributed by atoms with Crippen LogP contribution in [0.2, 0.25) is 10.0 Å². The number of aliphatic hydroxyl groups is 1. The fraction of sp³-hybridized carbons (Fsp3) is 0.389. The molecule has 3 rings (SSSR count). The lowest BCUT2D eigenvalue weighted by atomic mass is 10.0. The first-order valence-corrected chi connectivity index (χ1v) is 8.81. The van der Waals surface area contributed by atoms with Crippen LogP contribution in [0.3, 0.4) is 0 Å². The Morgan fingerprint density at radius 2 is 1.79 bits per heavy atom. The van der Waals surface area contributed by atoms with Gasteiger partial charge in [-0.2, -0.15) is 0 Å². The number of piperazine rings is 1. The number of hydrogen-bond acceptors (Lipinski definition) is 4. The van der Waals surface area contributed by atoms with Crippen molar-refractivity contribution in [1.82, 2.24) is 9.88 Å². The van der Waals surface area contributed by atoms with Gasteiger partial charge in [-0.3, -0.25) is 9.88 Å². The first-order valence-electron chi connectivity index (χ1n) is 8.05. The summed E-state index contributed by atoms with van der Waals surface area (Å²) < 4.78 is 0. The zero-order chi connectivity index (χ0) is 17.1. The number of pyridine rings is 1. The SMILES string of the molecule is Cc1cccc(C(CO)N2CCN(c3c(Cl)cncc3Cl)CC2)c1. The average Bonchev–Trinajstić information content (AvgIpc) is 2.57. The van der Waals surface area contributed by atoms with Gasteiger partial charge >= 0.3 is 0 Å². The van der Waals surface area contributed by atoms with Crippen LogP contribution in [-0.4, -0.2) is 47.8 Å². The largest absolute Gasteiger partial charge is 0.394 e. The number of aryl methyl sites for hydroxylation is 1. The van der Waals surface area contributed by atoms with Crippen LogP contribution in [0.1, 0.15) is 17.2 Å². The van der Waals surface area contributed by atoms with Crippen LogP contribution in [0.15, 0.2) is 36.7 Å². The highest BCUT2D eigenvalue weighted by Crippen LogP contribution is 2.34. The Kier molecular flexibility index (Phi) is 5.61. The molecule has 0 amide bonds. The number of anilines is 1. The minimum absolute atomic E-state index is 0.0235. The van der Waals surface area contributed by atoms with Gasteiger partial charge in [0.2, 0.25) is 0 Å². The van der Waals surface area contributed by atoms with Gasteiger partial charge in [-0.15, -0.1) is 0 Å². The number of halogens is 2. The number of benzene rings is 1. The molecule has 1 aliphatic heterocycles. The third-order valence-corrected chi connectivity index (χ3v) is 5.05. The summed E-state index contributed by atoms with van der Waals surface area (Å²) in [7, 11) is 0. The second-order valence-corrected chi connectivity index (χ2v) is 6.90. The molecule has 2 aromatic rings. The number of nitrogens with zero attached hydrogens (tertiary/aromatic N) is 3. The third kappa shape index (κ3) is 3.67. The third-order valence-electron chi connectivity index (χ3n) is 4.50. The van der Waals surface area contributed by atoms with Crippen LogP contribution >= 0.6 is 23.2 Å². The van der Waals surface area contributed by atoms with Crippen LogP contribution < -0.4 is 4.90 Å². The Morgan fingerprint density at radius 1 is 1.12 bits per heavy atom. The van der Waals surface area contributed by atoms with Gasteiger partial charge in [0.15, 0.2) is 0 Å². The first-order chi connectivity index (χ1) is 11.6. The van der Waals surface area contributed by atoms with Gasteiger partial charge in [-0.25, -0.2) is 0 Å². The zero-order valence-corrected chi connectivity index (χ0v) is 15.1. The predicted molar refractivity (Wildman–Crippen MR) is 99.0 cm³/mol. The van der Waals surface area contributed by atoms with Gasteiger partial charge in [-0.1, -0.05) is 53.0 Å². The molecule has 1 aromatic heterocycles. The second kappa shape index (κ2) is 7.70. The fourth-order valence-electron chi connectivity index (χ4n) is 3.27. The van der Waals surface area contributed by atoms with E-state index in [4.69, 9.17) is 23.2 Å². The quantitative estimate of drug-likeness (QED) is 0.898. The second-order valence-electron chi connectivity index (χ2n) is 6.09. The number of hydrogen-bond donors (Lipinski definition) is 1. The normalized spacial score (nSPS) is 17.1. The molecule has 1 saturated heterocycles. The Labute approximate surface area is 152 Å². The molecule has 1 aromatic carbocycles. The van der Waals surface area contributed by atoms with Gasteiger partial charge in [-0.05, 0) is 12.5 Å². The first kappa shape index (κ1) is 17.5. The molecule has 4 nitrogen and oxygen atoms in total. The Balaban J connectivity index is 1.72. The van der Waals surface area contributed by atoms with E-state index >= 15 is 0 Å². The fourth-order valence-corrected chi connectivity index (χ4v) is 3.88. The summed E-state index contributed by atoms with van der Waals surface area (Å²) in [6, 6.07) is 8.36. The molecule has 0 spiro atoms. The molecule has 0 aliphatic carbocycles. The van der Waals surface area contributed by atoms with E-state index in [2.05, 4.69) is 39.9 Å². The van der Waals surface area contributed by atoms with Crippen molar-refractivity contribution in [2.75, 3.05) is 37.7 Å². The van der Waals surface area contributed by atoms with Gasteiger partial charge in [0.05, 0.1) is 28.4 Å². The monoisotopic (exact) mass is 365 g/mol. The molecule has 1 unspecified atom stereocenters. The van der Waals surface area contributed by atoms with E-state index in [1.807, 2.05) is 6.07 Å². The summed E-state index contributed by atoms with van der Waals surface area (Å²) in [5.74, 6) is 0. The summed E-state index contributed by atoms with van der Waals surface area (Å²) >= 11 is 12.5. The van der Waals surface area contributed by atoms with E-state index in [1.165, 1.54) is 5.56 Å². The molecule has 0 radical (unpaired) electrons. The maximum Gasteiger partial charge on any atom is 0.0838 e. The summed E-state index contributed by atoms with van der Waals surface area (Å²) in [6.45, 7) is 5.49. The van der Waals surface area contributed by atoms with Gasteiger partial charge in [0, 0.05) is 38.6 Å². The number of aliphatic hydroxyl groups excluding tert-OH is 1. The summed E-state index contributed by atoms with van der Waals surface area (Å²) in [4.78, 5) is 8.51. The molecule has 128 valence electrons. The van der Waals surface area contributed by atoms with Crippen LogP contribution in [0, 0.1) is 6.92 Å². The highest BCUT2D eigenvalue weighted by molar-refractivity contribution is 6.38. The maximum absolute atomic E-state index is 9.89. The van der Waals surface area contributed by atoms with Crippen molar-refractivity contribution in [3.63, 3.8) is 0 Å². The number of rotatable bonds is 4. The molecule has 2 heterocycles. The Morgan fingerprint density at radius 3 is 2.38 bits per heavy atom. The molecule has 1 N–H and O–H groups in total. The summed E-state index contributed by atoms with van der Waals surface area (Å²) in [5.41, 5.74) is 3.22. The standard InChI is InChI=1S/C18H21Cl2N3O/c1-13-3-2-4-14(9-13)17(12-24)22-5-7-23(8-6-22)18-15(19)10-21-11-16(18)20/h2-4,9-11,17,24H,5-8,12H2,1H3. The van der Waals surface area contributed by atoms with Crippen LogP contribution in [0.5, 0.6) is 0 Å². The van der Waals surface area contributed by atoms with Crippen molar-refractivity contribution < 1.29 is 5.11 Å². The van der Waals surface area contributed by atoms with Gasteiger partial charge < -0.3 is 10.0 Å². The maximum atomic E-state index is 9.89. The highest BCUT2D eigenvalue weighted by atomic mass is 35.5. The molecule has 1 aliphatic rings. The van der Waals surface area contributed by atoms with Gasteiger partial charge in [0.1, 0.15) is 0 Å². The van der Waals surface area contributed by atoms with Crippen molar-refractivity contribution in [3.05, 3.63) is 57.8 Å². The van der Waals surface area contributed by atoms with E-state index in [9.17, 15) is 5.11 Å². The molecular formula is C18H21Cl2N3O. The van der Waals surface area contributed by atoms with Crippen molar-refractivity contribution in [1.29, 1.82) is 0 Å². The molecule has 0 bridgehead atoms. The van der Waals surface area contributed by atoms with Crippen molar-refractivity contribution in [2.24, 2.45) is 0 Å². The van der Waals surface area contributed by atoms with Crippen molar-refractivity contribution >= 4 is 28.9 Å². The highest BCUT2D eigenvalue weighted by Gasteiger charge is 2.26. The van der Waals surface area contributed by atoms with Crippen LogP contribution in [0.25, 0.3) is 0 Å². The zero-order valence-electron chi connectivity index (χ0n) is 13.6. The lowest BCUT2D eigenvalue weighted by Crippen LogP contribution is -2.48. The molecule has 1 atom stereocenters. The lowest BCUT2D eigenvalue weighted by molar-refractivity contribution is 0.117. The Bertz CT molecular complexity index is 682. The summed E-state index contributed by atoms with van der Waals surface area (Å²) in [5, 5.41) is 11.0. The van der Waals surface area contributed by atoms with Crippen LogP contribution in [0.4, 0.5) is 5.69 Å². The molecular weight excluding hydrogens is 345 g/mol. The van der Waals surface area contributed by atoms with E-state index < -0.39 is 0 Å². The Hall–Kier alpha value is -1.33.